The molecule has 2 unspecified atom stereocenters. The molecule has 3 aliphatic heterocycles. The molecule has 4 aliphatic rings. The largest absolute Gasteiger partial charge is 0.337 e. The van der Waals surface area contributed by atoms with Gasteiger partial charge < -0.3 is 4.57 Å². The fourth-order valence-electron chi connectivity index (χ4n) is 4.38. The lowest BCUT2D eigenvalue weighted by Crippen LogP contribution is -2.46. The molecule has 1 aromatic rings. The fourth-order valence-corrected chi connectivity index (χ4v) is 4.38. The van der Waals surface area contributed by atoms with Crippen LogP contribution in [0.3, 0.4) is 0 Å². The Balaban J connectivity index is 1.41. The number of hydrogen-bond acceptors (Lipinski definition) is 3. The molecule has 1 aliphatic carbocycles. The number of nitrogens with zero attached hydrogens (tertiary/aromatic N) is 4. The Kier molecular flexibility index (Phi) is 3.76. The van der Waals surface area contributed by atoms with Crippen molar-refractivity contribution in [3.8, 4) is 0 Å². The minimum Gasteiger partial charge on any atom is -0.337 e. The summed E-state index contributed by atoms with van der Waals surface area (Å²) in [5, 5.41) is 0. The maximum atomic E-state index is 4.51. The molecule has 4 fully saturated rings. The van der Waals surface area contributed by atoms with Gasteiger partial charge in [0.25, 0.3) is 0 Å². The third kappa shape index (κ3) is 2.88. The van der Waals surface area contributed by atoms with E-state index in [9.17, 15) is 0 Å². The van der Waals surface area contributed by atoms with Gasteiger partial charge in [-0.1, -0.05) is 6.42 Å². The Morgan fingerprint density at radius 3 is 2.76 bits per heavy atom. The smallest absolute Gasteiger partial charge is 0.122 e. The molecule has 3 saturated heterocycles. The Hall–Kier alpha value is -0.870. The van der Waals surface area contributed by atoms with Gasteiger partial charge in [0, 0.05) is 51.7 Å². The van der Waals surface area contributed by atoms with Crippen LogP contribution in [0.2, 0.25) is 0 Å². The first-order valence-electron chi connectivity index (χ1n) is 8.70. The highest BCUT2D eigenvalue weighted by Crippen LogP contribution is 2.33. The summed E-state index contributed by atoms with van der Waals surface area (Å²) in [7, 11) is 2.11. The van der Waals surface area contributed by atoms with Gasteiger partial charge in [0.2, 0.25) is 0 Å². The van der Waals surface area contributed by atoms with Crippen molar-refractivity contribution in [3.05, 3.63) is 18.2 Å². The van der Waals surface area contributed by atoms with Gasteiger partial charge in [0.05, 0.1) is 6.54 Å². The minimum absolute atomic E-state index is 0.796. The number of fused-ring (bicyclic) bond motifs is 4. The van der Waals surface area contributed by atoms with E-state index in [1.165, 1.54) is 64.1 Å². The van der Waals surface area contributed by atoms with Crippen LogP contribution in [0, 0.1) is 11.8 Å². The summed E-state index contributed by atoms with van der Waals surface area (Å²) in [6.45, 7) is 6.25. The first kappa shape index (κ1) is 13.8. The van der Waals surface area contributed by atoms with Gasteiger partial charge in [0.15, 0.2) is 0 Å². The van der Waals surface area contributed by atoms with Crippen LogP contribution in [-0.4, -0.2) is 51.6 Å². The third-order valence-electron chi connectivity index (χ3n) is 5.91. The maximum Gasteiger partial charge on any atom is 0.122 e. The van der Waals surface area contributed by atoms with Gasteiger partial charge in [-0.3, -0.25) is 9.80 Å². The lowest BCUT2D eigenvalue weighted by atomic mass is 9.83. The predicted molar refractivity (Wildman–Crippen MR) is 83.9 cm³/mol. The van der Waals surface area contributed by atoms with Gasteiger partial charge in [0.1, 0.15) is 5.82 Å². The van der Waals surface area contributed by atoms with E-state index in [0.29, 0.717) is 0 Å². The standard InChI is InChI=1S/C17H28N4/c1-19-8-7-18-17(19)13-20-9-15-5-6-16(12-20)21(11-15)10-14-3-2-4-14/h7-8,14-16H,2-6,9-13H2,1H3. The molecule has 1 aromatic heterocycles. The second-order valence-corrected chi connectivity index (χ2v) is 7.50. The Morgan fingerprint density at radius 1 is 1.14 bits per heavy atom. The molecule has 0 amide bonds. The van der Waals surface area contributed by atoms with E-state index in [-0.39, 0.29) is 0 Å². The summed E-state index contributed by atoms with van der Waals surface area (Å²) in [6, 6.07) is 0.796. The van der Waals surface area contributed by atoms with Gasteiger partial charge in [-0.2, -0.15) is 0 Å². The van der Waals surface area contributed by atoms with Gasteiger partial charge >= 0.3 is 0 Å². The topological polar surface area (TPSA) is 24.3 Å². The van der Waals surface area contributed by atoms with Crippen LogP contribution in [0.5, 0.6) is 0 Å². The zero-order valence-corrected chi connectivity index (χ0v) is 13.2. The quantitative estimate of drug-likeness (QED) is 0.848. The number of rotatable bonds is 4. The highest BCUT2D eigenvalue weighted by atomic mass is 15.3. The average molecular weight is 288 g/mol. The fraction of sp³-hybridized carbons (Fsp3) is 0.824. The molecular formula is C17H28N4. The molecule has 21 heavy (non-hydrogen) atoms. The van der Waals surface area contributed by atoms with E-state index in [1.54, 1.807) is 0 Å². The highest BCUT2D eigenvalue weighted by Gasteiger charge is 2.36. The summed E-state index contributed by atoms with van der Waals surface area (Å²) in [5.74, 6) is 3.10. The van der Waals surface area contributed by atoms with Gasteiger partial charge in [-0.25, -0.2) is 4.98 Å². The second kappa shape index (κ2) is 5.73. The summed E-state index contributed by atoms with van der Waals surface area (Å²) < 4.78 is 2.17. The van der Waals surface area contributed by atoms with Crippen molar-refractivity contribution in [2.75, 3.05) is 26.2 Å². The molecule has 1 saturated carbocycles. The number of aromatic nitrogens is 2. The van der Waals surface area contributed by atoms with E-state index in [2.05, 4.69) is 32.6 Å². The number of imidazole rings is 1. The Bertz CT molecular complexity index is 479. The van der Waals surface area contributed by atoms with Crippen LogP contribution in [0.15, 0.2) is 12.4 Å². The lowest BCUT2D eigenvalue weighted by Gasteiger charge is -2.40. The molecule has 5 rings (SSSR count). The first-order chi connectivity index (χ1) is 10.3. The molecule has 4 heterocycles. The monoisotopic (exact) mass is 288 g/mol. The van der Waals surface area contributed by atoms with Crippen molar-refractivity contribution in [1.82, 2.24) is 19.4 Å². The molecule has 0 radical (unpaired) electrons. The number of hydrogen-bond donors (Lipinski definition) is 0. The zero-order chi connectivity index (χ0) is 14.2. The van der Waals surface area contributed by atoms with E-state index in [4.69, 9.17) is 0 Å². The number of aryl methyl sites for hydroxylation is 1. The van der Waals surface area contributed by atoms with Gasteiger partial charge in [-0.15, -0.1) is 0 Å². The Morgan fingerprint density at radius 2 is 2.05 bits per heavy atom. The highest BCUT2D eigenvalue weighted by molar-refractivity contribution is 4.95. The molecule has 4 nitrogen and oxygen atoms in total. The lowest BCUT2D eigenvalue weighted by molar-refractivity contribution is 0.0890. The molecule has 116 valence electrons. The van der Waals surface area contributed by atoms with E-state index in [0.717, 1.165) is 24.4 Å². The Labute approximate surface area is 128 Å². The van der Waals surface area contributed by atoms with Crippen LogP contribution in [0.4, 0.5) is 0 Å². The first-order valence-corrected chi connectivity index (χ1v) is 8.70. The summed E-state index contributed by atoms with van der Waals surface area (Å²) in [5.41, 5.74) is 0. The van der Waals surface area contributed by atoms with Crippen molar-refractivity contribution >= 4 is 0 Å². The van der Waals surface area contributed by atoms with E-state index >= 15 is 0 Å². The third-order valence-corrected chi connectivity index (χ3v) is 5.91. The number of piperidine rings is 1. The molecule has 2 atom stereocenters. The minimum atomic E-state index is 0.796. The average Bonchev–Trinajstić information content (AvgIpc) is 2.65. The predicted octanol–water partition coefficient (Wildman–Crippen LogP) is 2.12. The van der Waals surface area contributed by atoms with Crippen molar-refractivity contribution in [3.63, 3.8) is 0 Å². The van der Waals surface area contributed by atoms with E-state index in [1.807, 2.05) is 6.20 Å². The molecule has 0 spiro atoms. The molecular weight excluding hydrogens is 260 g/mol. The van der Waals surface area contributed by atoms with Crippen molar-refractivity contribution in [2.24, 2.45) is 18.9 Å². The molecule has 4 heteroatoms. The molecule has 0 aromatic carbocycles. The van der Waals surface area contributed by atoms with Crippen LogP contribution >= 0.6 is 0 Å². The van der Waals surface area contributed by atoms with Crippen molar-refractivity contribution < 1.29 is 0 Å². The molecule has 2 bridgehead atoms. The van der Waals surface area contributed by atoms with Crippen LogP contribution in [0.25, 0.3) is 0 Å². The van der Waals surface area contributed by atoms with E-state index < -0.39 is 0 Å². The van der Waals surface area contributed by atoms with Crippen LogP contribution < -0.4 is 0 Å². The maximum absolute atomic E-state index is 4.51. The second-order valence-electron chi connectivity index (χ2n) is 7.50. The summed E-state index contributed by atoms with van der Waals surface area (Å²) >= 11 is 0. The van der Waals surface area contributed by atoms with Crippen LogP contribution in [0.1, 0.15) is 37.9 Å². The van der Waals surface area contributed by atoms with Crippen molar-refractivity contribution in [2.45, 2.75) is 44.7 Å². The van der Waals surface area contributed by atoms with Gasteiger partial charge in [-0.05, 0) is 37.5 Å². The molecule has 0 N–H and O–H groups in total. The zero-order valence-electron chi connectivity index (χ0n) is 13.2. The SMILES string of the molecule is Cn1ccnc1CN1CC2CCC(C1)N(CC1CCC1)C2. The van der Waals surface area contributed by atoms with Crippen LogP contribution in [-0.2, 0) is 13.6 Å². The van der Waals surface area contributed by atoms with Crippen molar-refractivity contribution in [1.29, 1.82) is 0 Å². The summed E-state index contributed by atoms with van der Waals surface area (Å²) in [4.78, 5) is 10.00. The normalized spacial score (nSPS) is 31.3. The summed E-state index contributed by atoms with van der Waals surface area (Å²) in [6.07, 6.45) is 11.3.